The smallest absolute Gasteiger partial charge is 0.126 e. The molecule has 0 spiro atoms. The maximum atomic E-state index is 12.9. The van der Waals surface area contributed by atoms with Crippen LogP contribution in [0.3, 0.4) is 0 Å². The fourth-order valence-electron chi connectivity index (χ4n) is 1.54. The Morgan fingerprint density at radius 2 is 1.50 bits per heavy atom. The molecule has 0 bridgehead atoms. The van der Waals surface area contributed by atoms with E-state index in [2.05, 4.69) is 0 Å². The van der Waals surface area contributed by atoms with Crippen LogP contribution < -0.4 is 4.74 Å². The van der Waals surface area contributed by atoms with Crippen molar-refractivity contribution in [3.63, 3.8) is 0 Å². The second-order valence-electron chi connectivity index (χ2n) is 3.84. The van der Waals surface area contributed by atoms with Crippen LogP contribution in [0.2, 0.25) is 0 Å². The first kappa shape index (κ1) is 12.8. The van der Waals surface area contributed by atoms with Crippen molar-refractivity contribution in [2.45, 2.75) is 12.5 Å². The molecule has 0 N–H and O–H groups in total. The van der Waals surface area contributed by atoms with Gasteiger partial charge in [0, 0.05) is 11.9 Å². The first-order valence-corrected chi connectivity index (χ1v) is 5.93. The molecule has 2 aromatic rings. The van der Waals surface area contributed by atoms with Gasteiger partial charge in [0.2, 0.25) is 0 Å². The van der Waals surface area contributed by atoms with E-state index in [0.29, 0.717) is 17.2 Å². The van der Waals surface area contributed by atoms with Crippen molar-refractivity contribution < 1.29 is 13.5 Å². The number of hydrogen-bond donors (Lipinski definition) is 0. The van der Waals surface area contributed by atoms with Gasteiger partial charge in [-0.2, -0.15) is 0 Å². The summed E-state index contributed by atoms with van der Waals surface area (Å²) in [7, 11) is 0. The van der Waals surface area contributed by atoms with Crippen LogP contribution in [0.5, 0.6) is 5.75 Å². The van der Waals surface area contributed by atoms with Gasteiger partial charge < -0.3 is 4.74 Å². The minimum absolute atomic E-state index is 0.120. The fourth-order valence-corrected chi connectivity index (χ4v) is 1.71. The summed E-state index contributed by atoms with van der Waals surface area (Å²) in [5.74, 6) is -0.138. The monoisotopic (exact) mass is 268 g/mol. The van der Waals surface area contributed by atoms with Crippen LogP contribution in [-0.2, 0) is 12.5 Å². The van der Waals surface area contributed by atoms with E-state index >= 15 is 0 Å². The van der Waals surface area contributed by atoms with Crippen LogP contribution in [-0.4, -0.2) is 0 Å². The molecule has 0 atom stereocenters. The van der Waals surface area contributed by atoms with Gasteiger partial charge in [-0.05, 0) is 35.4 Å². The Hall–Kier alpha value is -1.61. The van der Waals surface area contributed by atoms with Crippen LogP contribution in [0, 0.1) is 11.6 Å². The first-order valence-electron chi connectivity index (χ1n) is 5.40. The molecule has 0 unspecified atom stereocenters. The van der Waals surface area contributed by atoms with Crippen LogP contribution in [0.25, 0.3) is 0 Å². The summed E-state index contributed by atoms with van der Waals surface area (Å²) in [6, 6.07) is 10.6. The normalized spacial score (nSPS) is 10.4. The van der Waals surface area contributed by atoms with Crippen LogP contribution in [0.15, 0.2) is 42.5 Å². The van der Waals surface area contributed by atoms with Gasteiger partial charge in [0.25, 0.3) is 0 Å². The van der Waals surface area contributed by atoms with Gasteiger partial charge in [-0.1, -0.05) is 12.1 Å². The Morgan fingerprint density at radius 1 is 0.889 bits per heavy atom. The Bertz CT molecular complexity index is 506. The van der Waals surface area contributed by atoms with E-state index in [1.54, 1.807) is 12.1 Å². The third-order valence-corrected chi connectivity index (χ3v) is 2.71. The topological polar surface area (TPSA) is 9.23 Å². The van der Waals surface area contributed by atoms with Gasteiger partial charge >= 0.3 is 0 Å². The Morgan fingerprint density at radius 3 is 2.06 bits per heavy atom. The minimum atomic E-state index is -0.605. The molecule has 4 heteroatoms. The lowest BCUT2D eigenvalue weighted by molar-refractivity contribution is 0.304. The molecule has 0 aromatic heterocycles. The van der Waals surface area contributed by atoms with Crippen molar-refractivity contribution in [1.82, 2.24) is 0 Å². The van der Waals surface area contributed by atoms with E-state index in [0.717, 1.165) is 11.6 Å². The quantitative estimate of drug-likeness (QED) is 0.752. The van der Waals surface area contributed by atoms with E-state index in [9.17, 15) is 8.78 Å². The summed E-state index contributed by atoms with van der Waals surface area (Å²) in [6.07, 6.45) is 0. The number of hydrogen-bond acceptors (Lipinski definition) is 1. The standard InChI is InChI=1S/C14H11ClF2O/c15-8-10-1-3-14(4-2-10)18-9-11-5-12(16)7-13(17)6-11/h1-7H,8-9H2. The van der Waals surface area contributed by atoms with Crippen LogP contribution in [0.1, 0.15) is 11.1 Å². The molecule has 0 saturated heterocycles. The molecule has 1 nitrogen and oxygen atoms in total. The molecule has 0 aliphatic carbocycles. The SMILES string of the molecule is Fc1cc(F)cc(COc2ccc(CCl)cc2)c1. The molecule has 2 rings (SSSR count). The van der Waals surface area contributed by atoms with E-state index < -0.39 is 11.6 Å². The van der Waals surface area contributed by atoms with Gasteiger partial charge in [0.1, 0.15) is 24.0 Å². The summed E-state index contributed by atoms with van der Waals surface area (Å²) in [4.78, 5) is 0. The second-order valence-corrected chi connectivity index (χ2v) is 4.11. The van der Waals surface area contributed by atoms with E-state index in [-0.39, 0.29) is 6.61 Å². The van der Waals surface area contributed by atoms with Crippen molar-refractivity contribution in [3.8, 4) is 5.75 Å². The summed E-state index contributed by atoms with van der Waals surface area (Å²) in [5, 5.41) is 0. The Kier molecular flexibility index (Phi) is 4.15. The van der Waals surface area contributed by atoms with Gasteiger partial charge in [0.05, 0.1) is 0 Å². The molecule has 18 heavy (non-hydrogen) atoms. The summed E-state index contributed by atoms with van der Waals surface area (Å²) in [6.45, 7) is 0.120. The molecular formula is C14H11ClF2O. The average Bonchev–Trinajstić information content (AvgIpc) is 2.36. The zero-order valence-electron chi connectivity index (χ0n) is 9.50. The first-order chi connectivity index (χ1) is 8.67. The van der Waals surface area contributed by atoms with Gasteiger partial charge in [-0.25, -0.2) is 8.78 Å². The highest BCUT2D eigenvalue weighted by Crippen LogP contribution is 2.16. The van der Waals surface area contributed by atoms with Crippen molar-refractivity contribution in [1.29, 1.82) is 0 Å². The number of benzene rings is 2. The number of ether oxygens (including phenoxy) is 1. The lowest BCUT2D eigenvalue weighted by atomic mass is 10.2. The molecule has 0 heterocycles. The van der Waals surface area contributed by atoms with E-state index in [4.69, 9.17) is 16.3 Å². The molecule has 0 fully saturated rings. The molecule has 0 aliphatic rings. The van der Waals surface area contributed by atoms with Crippen LogP contribution in [0.4, 0.5) is 8.78 Å². The molecule has 0 radical (unpaired) electrons. The maximum Gasteiger partial charge on any atom is 0.126 e. The second kappa shape index (κ2) is 5.83. The van der Waals surface area contributed by atoms with Crippen LogP contribution >= 0.6 is 11.6 Å². The fraction of sp³-hybridized carbons (Fsp3) is 0.143. The van der Waals surface area contributed by atoms with Gasteiger partial charge in [0.15, 0.2) is 0 Å². The minimum Gasteiger partial charge on any atom is -0.489 e. The highest BCUT2D eigenvalue weighted by atomic mass is 35.5. The summed E-state index contributed by atoms with van der Waals surface area (Å²) < 4.78 is 31.3. The lowest BCUT2D eigenvalue weighted by Crippen LogP contribution is -1.97. The molecule has 2 aromatic carbocycles. The zero-order chi connectivity index (χ0) is 13.0. The number of rotatable bonds is 4. The maximum absolute atomic E-state index is 12.9. The van der Waals surface area contributed by atoms with Gasteiger partial charge in [-0.15, -0.1) is 11.6 Å². The number of halogens is 3. The lowest BCUT2D eigenvalue weighted by Gasteiger charge is -2.07. The average molecular weight is 269 g/mol. The number of alkyl halides is 1. The highest BCUT2D eigenvalue weighted by molar-refractivity contribution is 6.17. The molecule has 0 aliphatic heterocycles. The van der Waals surface area contributed by atoms with Crippen molar-refractivity contribution >= 4 is 11.6 Å². The highest BCUT2D eigenvalue weighted by Gasteiger charge is 2.02. The van der Waals surface area contributed by atoms with Crippen molar-refractivity contribution in [2.24, 2.45) is 0 Å². The predicted octanol–water partition coefficient (Wildman–Crippen LogP) is 4.28. The zero-order valence-corrected chi connectivity index (χ0v) is 10.3. The molecule has 94 valence electrons. The van der Waals surface area contributed by atoms with E-state index in [1.165, 1.54) is 12.1 Å². The summed E-state index contributed by atoms with van der Waals surface area (Å²) >= 11 is 5.66. The third-order valence-electron chi connectivity index (χ3n) is 2.41. The summed E-state index contributed by atoms with van der Waals surface area (Å²) in [5.41, 5.74) is 1.44. The molecule has 0 amide bonds. The van der Waals surface area contributed by atoms with Crippen molar-refractivity contribution in [2.75, 3.05) is 0 Å². The van der Waals surface area contributed by atoms with Crippen molar-refractivity contribution in [3.05, 3.63) is 65.2 Å². The molecule has 0 saturated carbocycles. The predicted molar refractivity (Wildman–Crippen MR) is 66.7 cm³/mol. The molecular weight excluding hydrogens is 258 g/mol. The Balaban J connectivity index is 2.01. The van der Waals surface area contributed by atoms with Gasteiger partial charge in [-0.3, -0.25) is 0 Å². The van der Waals surface area contributed by atoms with E-state index in [1.807, 2.05) is 12.1 Å². The Labute approximate surface area is 109 Å². The third kappa shape index (κ3) is 3.44. The largest absolute Gasteiger partial charge is 0.489 e.